The van der Waals surface area contributed by atoms with Crippen molar-refractivity contribution in [1.82, 2.24) is 0 Å². The molecule has 4 aromatic carbocycles. The highest BCUT2D eigenvalue weighted by Crippen LogP contribution is 2.59. The van der Waals surface area contributed by atoms with Crippen LogP contribution in [-0.2, 0) is 10.8 Å². The van der Waals surface area contributed by atoms with E-state index in [2.05, 4.69) is 162 Å². The second kappa shape index (κ2) is 8.54. The van der Waals surface area contributed by atoms with Crippen molar-refractivity contribution in [2.75, 3.05) is 0 Å². The summed E-state index contributed by atoms with van der Waals surface area (Å²) in [6.45, 7) is 2.39. The Bertz CT molecular complexity index is 1270. The molecule has 0 saturated carbocycles. The van der Waals surface area contributed by atoms with Crippen molar-refractivity contribution in [3.63, 3.8) is 0 Å². The van der Waals surface area contributed by atoms with Gasteiger partial charge in [-0.15, -0.1) is 0 Å². The van der Waals surface area contributed by atoms with Crippen LogP contribution in [0.4, 0.5) is 0 Å². The normalized spacial score (nSPS) is 22.0. The van der Waals surface area contributed by atoms with Gasteiger partial charge in [0.1, 0.15) is 0 Å². The highest BCUT2D eigenvalue weighted by Gasteiger charge is 2.52. The zero-order chi connectivity index (χ0) is 22.5. The van der Waals surface area contributed by atoms with E-state index in [1.165, 1.54) is 27.8 Å². The first-order valence-corrected chi connectivity index (χ1v) is 13.6. The van der Waals surface area contributed by atoms with Crippen LogP contribution in [0.5, 0.6) is 0 Å². The van der Waals surface area contributed by atoms with Gasteiger partial charge < -0.3 is 0 Å². The van der Waals surface area contributed by atoms with Crippen molar-refractivity contribution >= 4 is 63.7 Å². The highest BCUT2D eigenvalue weighted by atomic mass is 79.9. The second-order valence-electron chi connectivity index (χ2n) is 8.64. The molecular formula is C28H20Br4. The van der Waals surface area contributed by atoms with Crippen LogP contribution in [0.25, 0.3) is 0 Å². The van der Waals surface area contributed by atoms with E-state index < -0.39 is 0 Å². The van der Waals surface area contributed by atoms with Crippen molar-refractivity contribution in [1.29, 1.82) is 0 Å². The zero-order valence-electron chi connectivity index (χ0n) is 17.4. The fourth-order valence-electron chi connectivity index (χ4n) is 5.39. The number of benzene rings is 4. The van der Waals surface area contributed by atoms with Crippen LogP contribution in [-0.4, -0.2) is 0 Å². The molecule has 2 atom stereocenters. The van der Waals surface area contributed by atoms with Crippen molar-refractivity contribution in [3.05, 3.63) is 137 Å². The minimum absolute atomic E-state index is 0.159. The van der Waals surface area contributed by atoms with Gasteiger partial charge in [-0.25, -0.2) is 0 Å². The Morgan fingerprint density at radius 1 is 0.531 bits per heavy atom. The number of rotatable bonds is 3. The van der Waals surface area contributed by atoms with E-state index in [1.807, 2.05) is 0 Å². The fraction of sp³-hybridized carbons (Fsp3) is 0.143. The molecule has 1 aliphatic carbocycles. The molecule has 0 bridgehead atoms. The maximum absolute atomic E-state index is 3.75. The molecule has 0 spiro atoms. The number of halogens is 4. The fourth-order valence-corrected chi connectivity index (χ4v) is 7.98. The van der Waals surface area contributed by atoms with Crippen LogP contribution in [0.3, 0.4) is 0 Å². The predicted octanol–water partition coefficient (Wildman–Crippen LogP) is 9.78. The second-order valence-corrected chi connectivity index (χ2v) is 12.3. The number of hydrogen-bond acceptors (Lipinski definition) is 0. The molecule has 1 aliphatic rings. The average Bonchev–Trinajstić information content (AvgIpc) is 3.05. The third kappa shape index (κ3) is 3.68. The van der Waals surface area contributed by atoms with Gasteiger partial charge in [0, 0.05) is 28.7 Å². The lowest BCUT2D eigenvalue weighted by atomic mass is 9.67. The van der Waals surface area contributed by atoms with E-state index >= 15 is 0 Å². The van der Waals surface area contributed by atoms with Gasteiger partial charge in [0.25, 0.3) is 0 Å². The highest BCUT2D eigenvalue weighted by molar-refractivity contribution is 9.11. The summed E-state index contributed by atoms with van der Waals surface area (Å²) in [6.07, 6.45) is 0.940. The van der Waals surface area contributed by atoms with E-state index in [9.17, 15) is 0 Å². The zero-order valence-corrected chi connectivity index (χ0v) is 23.7. The third-order valence-electron chi connectivity index (χ3n) is 6.72. The number of hydrogen-bond donors (Lipinski definition) is 0. The van der Waals surface area contributed by atoms with Crippen LogP contribution in [0, 0.1) is 0 Å². The summed E-state index contributed by atoms with van der Waals surface area (Å²) < 4.78 is 4.33. The Morgan fingerprint density at radius 2 is 1.00 bits per heavy atom. The van der Waals surface area contributed by atoms with Crippen molar-refractivity contribution in [3.8, 4) is 0 Å². The van der Waals surface area contributed by atoms with E-state index in [-0.39, 0.29) is 10.8 Å². The Balaban J connectivity index is 1.86. The molecule has 0 aliphatic heterocycles. The van der Waals surface area contributed by atoms with Crippen LogP contribution in [0.1, 0.15) is 41.2 Å². The van der Waals surface area contributed by atoms with Crippen LogP contribution in [0.2, 0.25) is 0 Å². The molecule has 32 heavy (non-hydrogen) atoms. The van der Waals surface area contributed by atoms with Crippen LogP contribution >= 0.6 is 63.7 Å². The summed E-state index contributed by atoms with van der Waals surface area (Å²) in [5.41, 5.74) is 6.23. The molecule has 160 valence electrons. The van der Waals surface area contributed by atoms with E-state index in [4.69, 9.17) is 0 Å². The van der Waals surface area contributed by atoms with E-state index in [0.29, 0.717) is 0 Å². The monoisotopic (exact) mass is 672 g/mol. The minimum atomic E-state index is -0.270. The third-order valence-corrected chi connectivity index (χ3v) is 8.55. The summed E-state index contributed by atoms with van der Waals surface area (Å²) >= 11 is 14.9. The SMILES string of the molecule is CC1(c2cc(Br)cc(Br)c2)CC(c2ccccc2)(c2cc(Br)cc(Br)c2)c2ccccc21. The minimum Gasteiger partial charge on any atom is -0.0622 e. The summed E-state index contributed by atoms with van der Waals surface area (Å²) in [7, 11) is 0. The van der Waals surface area contributed by atoms with Gasteiger partial charge >= 0.3 is 0 Å². The van der Waals surface area contributed by atoms with Crippen molar-refractivity contribution < 1.29 is 0 Å². The molecule has 5 rings (SSSR count). The van der Waals surface area contributed by atoms with Gasteiger partial charge in [-0.05, 0) is 70.6 Å². The summed E-state index contributed by atoms with van der Waals surface area (Å²) in [4.78, 5) is 0. The van der Waals surface area contributed by atoms with E-state index in [1.54, 1.807) is 0 Å². The molecule has 4 aromatic rings. The molecule has 0 amide bonds. The number of fused-ring (bicyclic) bond motifs is 1. The molecule has 0 saturated heterocycles. The Morgan fingerprint density at radius 3 is 1.56 bits per heavy atom. The molecular weight excluding hydrogens is 656 g/mol. The van der Waals surface area contributed by atoms with Crippen molar-refractivity contribution in [2.45, 2.75) is 24.2 Å². The molecule has 4 heteroatoms. The quantitative estimate of drug-likeness (QED) is 0.203. The molecule has 0 nitrogen and oxygen atoms in total. The molecule has 0 aromatic heterocycles. The topological polar surface area (TPSA) is 0 Å². The summed E-state index contributed by atoms with van der Waals surface area (Å²) in [6, 6.07) is 33.2. The van der Waals surface area contributed by atoms with Gasteiger partial charge in [-0.2, -0.15) is 0 Å². The maximum atomic E-state index is 3.75. The lowest BCUT2D eigenvalue weighted by Crippen LogP contribution is -2.30. The van der Waals surface area contributed by atoms with Gasteiger partial charge in [0.05, 0.1) is 0 Å². The standard InChI is InChI=1S/C28H20Br4/c1-27(19-11-21(29)15-22(30)12-19)17-28(18-7-3-2-4-8-18,26-10-6-5-9-25(26)27)20-13-23(31)16-24(32)14-20/h2-16H,17H2,1H3. The van der Waals surface area contributed by atoms with E-state index in [0.717, 1.165) is 24.3 Å². The molecule has 0 heterocycles. The van der Waals surface area contributed by atoms with Crippen LogP contribution in [0.15, 0.2) is 109 Å². The first-order valence-electron chi connectivity index (χ1n) is 10.4. The van der Waals surface area contributed by atoms with Gasteiger partial charge in [0.15, 0.2) is 0 Å². The van der Waals surface area contributed by atoms with Gasteiger partial charge in [0.2, 0.25) is 0 Å². The lowest BCUT2D eigenvalue weighted by molar-refractivity contribution is 0.472. The summed E-state index contributed by atoms with van der Waals surface area (Å²) in [5, 5.41) is 0. The smallest absolute Gasteiger partial charge is 0.0466 e. The summed E-state index contributed by atoms with van der Waals surface area (Å²) in [5.74, 6) is 0. The Labute approximate surface area is 223 Å². The molecule has 2 unspecified atom stereocenters. The molecule has 0 N–H and O–H groups in total. The Hall–Kier alpha value is -1.20. The largest absolute Gasteiger partial charge is 0.0622 e. The Kier molecular flexibility index (Phi) is 6.03. The predicted molar refractivity (Wildman–Crippen MR) is 148 cm³/mol. The first kappa shape index (κ1) is 22.6. The van der Waals surface area contributed by atoms with Crippen LogP contribution < -0.4 is 0 Å². The molecule has 0 fully saturated rings. The average molecular weight is 676 g/mol. The van der Waals surface area contributed by atoms with Gasteiger partial charge in [-0.1, -0.05) is 125 Å². The van der Waals surface area contributed by atoms with Gasteiger partial charge in [-0.3, -0.25) is 0 Å². The lowest BCUT2D eigenvalue weighted by Gasteiger charge is -2.35. The molecule has 0 radical (unpaired) electrons. The first-order chi connectivity index (χ1) is 15.3. The maximum Gasteiger partial charge on any atom is 0.0466 e. The van der Waals surface area contributed by atoms with Crippen molar-refractivity contribution in [2.24, 2.45) is 0 Å².